The normalized spacial score (nSPS) is 14.4. The second kappa shape index (κ2) is 10.7. The van der Waals surface area contributed by atoms with E-state index in [9.17, 15) is 22.4 Å². The van der Waals surface area contributed by atoms with Crippen LogP contribution in [0.5, 0.6) is 0 Å². The summed E-state index contributed by atoms with van der Waals surface area (Å²) in [5, 5.41) is 0. The lowest BCUT2D eigenvalue weighted by molar-refractivity contribution is -0.132. The molecule has 0 unspecified atom stereocenters. The third-order valence-electron chi connectivity index (χ3n) is 5.43. The average Bonchev–Trinajstić information content (AvgIpc) is 2.79. The number of nitrogens with zero attached hydrogens (tertiary/aromatic N) is 2. The maximum Gasteiger partial charge on any atom is 0.256 e. The molecule has 32 heavy (non-hydrogen) atoms. The standard InChI is InChI=1S/C23H28FN3O4S/c1-2-25-32(30,31)19-11-12-21(24)20(17-19)23(29)27-15-13-26(14-16-27)22(28)10-6-9-18-7-4-3-5-8-18/h3-5,7-8,11-12,17,25H,2,6,9-10,13-16H2,1H3. The molecule has 9 heteroatoms. The Kier molecular flexibility index (Phi) is 7.98. The van der Waals surface area contributed by atoms with E-state index in [0.717, 1.165) is 31.0 Å². The molecular weight excluding hydrogens is 433 g/mol. The zero-order valence-corrected chi connectivity index (χ0v) is 18.9. The van der Waals surface area contributed by atoms with Gasteiger partial charge in [0.1, 0.15) is 5.82 Å². The fourth-order valence-corrected chi connectivity index (χ4v) is 4.75. The van der Waals surface area contributed by atoms with Crippen molar-refractivity contribution < 1.29 is 22.4 Å². The van der Waals surface area contributed by atoms with Crippen molar-refractivity contribution >= 4 is 21.8 Å². The number of rotatable bonds is 8. The molecule has 1 aliphatic heterocycles. The molecule has 1 fully saturated rings. The summed E-state index contributed by atoms with van der Waals surface area (Å²) >= 11 is 0. The Balaban J connectivity index is 1.55. The molecule has 0 spiro atoms. The fraction of sp³-hybridized carbons (Fsp3) is 0.391. The third-order valence-corrected chi connectivity index (χ3v) is 6.97. The van der Waals surface area contributed by atoms with E-state index in [-0.39, 0.29) is 36.0 Å². The van der Waals surface area contributed by atoms with Crippen molar-refractivity contribution in [2.45, 2.75) is 31.1 Å². The number of piperazine rings is 1. The van der Waals surface area contributed by atoms with E-state index in [2.05, 4.69) is 4.72 Å². The van der Waals surface area contributed by atoms with Crippen molar-refractivity contribution in [2.24, 2.45) is 0 Å². The Morgan fingerprint density at radius 1 is 1.00 bits per heavy atom. The number of benzene rings is 2. The molecule has 1 N–H and O–H groups in total. The van der Waals surface area contributed by atoms with Crippen molar-refractivity contribution in [3.05, 3.63) is 65.5 Å². The molecule has 1 aliphatic rings. The monoisotopic (exact) mass is 461 g/mol. The molecule has 7 nitrogen and oxygen atoms in total. The highest BCUT2D eigenvalue weighted by molar-refractivity contribution is 7.89. The van der Waals surface area contributed by atoms with Crippen molar-refractivity contribution in [2.75, 3.05) is 32.7 Å². The Morgan fingerprint density at radius 2 is 1.66 bits per heavy atom. The Hall–Kier alpha value is -2.78. The predicted octanol–water partition coefficient (Wildman–Crippen LogP) is 2.43. The van der Waals surface area contributed by atoms with Crippen LogP contribution in [-0.4, -0.2) is 62.8 Å². The van der Waals surface area contributed by atoms with E-state index in [1.165, 1.54) is 10.5 Å². The summed E-state index contributed by atoms with van der Waals surface area (Å²) in [6, 6.07) is 13.2. The molecule has 0 atom stereocenters. The maximum absolute atomic E-state index is 14.3. The number of sulfonamides is 1. The van der Waals surface area contributed by atoms with Gasteiger partial charge < -0.3 is 9.80 Å². The molecule has 1 heterocycles. The third kappa shape index (κ3) is 5.92. The Bertz CT molecular complexity index is 1050. The molecule has 0 bridgehead atoms. The van der Waals surface area contributed by atoms with Crippen LogP contribution in [0.4, 0.5) is 4.39 Å². The van der Waals surface area contributed by atoms with Crippen LogP contribution >= 0.6 is 0 Å². The van der Waals surface area contributed by atoms with E-state index in [0.29, 0.717) is 19.5 Å². The lowest BCUT2D eigenvalue weighted by Crippen LogP contribution is -2.50. The lowest BCUT2D eigenvalue weighted by Gasteiger charge is -2.35. The number of halogens is 1. The maximum atomic E-state index is 14.3. The van der Waals surface area contributed by atoms with Crippen LogP contribution in [0.15, 0.2) is 53.4 Å². The van der Waals surface area contributed by atoms with Crippen LogP contribution in [0.25, 0.3) is 0 Å². The van der Waals surface area contributed by atoms with Crippen LogP contribution in [0, 0.1) is 5.82 Å². The summed E-state index contributed by atoms with van der Waals surface area (Å²) in [6.45, 7) is 3.10. The lowest BCUT2D eigenvalue weighted by atomic mass is 10.1. The fourth-order valence-electron chi connectivity index (χ4n) is 3.68. The molecule has 2 aromatic carbocycles. The molecular formula is C23H28FN3O4S. The van der Waals surface area contributed by atoms with Gasteiger partial charge in [-0.1, -0.05) is 37.3 Å². The van der Waals surface area contributed by atoms with Gasteiger partial charge in [-0.2, -0.15) is 0 Å². The minimum absolute atomic E-state index is 0.0398. The molecule has 0 aromatic heterocycles. The smallest absolute Gasteiger partial charge is 0.256 e. The summed E-state index contributed by atoms with van der Waals surface area (Å²) < 4.78 is 41.0. The molecule has 3 rings (SSSR count). The molecule has 1 saturated heterocycles. The second-order valence-corrected chi connectivity index (χ2v) is 9.42. The van der Waals surface area contributed by atoms with Gasteiger partial charge in [0.15, 0.2) is 0 Å². The van der Waals surface area contributed by atoms with Gasteiger partial charge in [-0.15, -0.1) is 0 Å². The summed E-state index contributed by atoms with van der Waals surface area (Å²) in [6.07, 6.45) is 2.01. The largest absolute Gasteiger partial charge is 0.339 e. The zero-order chi connectivity index (χ0) is 23.1. The van der Waals surface area contributed by atoms with Crippen molar-refractivity contribution in [3.8, 4) is 0 Å². The summed E-state index contributed by atoms with van der Waals surface area (Å²) in [4.78, 5) is 28.3. The van der Waals surface area contributed by atoms with E-state index >= 15 is 0 Å². The first-order valence-corrected chi connectivity index (χ1v) is 12.2. The zero-order valence-electron chi connectivity index (χ0n) is 18.1. The van der Waals surface area contributed by atoms with Gasteiger partial charge in [0.05, 0.1) is 10.5 Å². The quantitative estimate of drug-likeness (QED) is 0.654. The second-order valence-electron chi connectivity index (χ2n) is 7.66. The average molecular weight is 462 g/mol. The topological polar surface area (TPSA) is 86.8 Å². The number of carbonyl (C=O) groups excluding carboxylic acids is 2. The van der Waals surface area contributed by atoms with E-state index in [1.54, 1.807) is 11.8 Å². The minimum atomic E-state index is -3.80. The number of carbonyl (C=O) groups is 2. The number of hydrogen-bond donors (Lipinski definition) is 1. The first kappa shape index (κ1) is 23.9. The molecule has 0 radical (unpaired) electrons. The number of aryl methyl sites for hydroxylation is 1. The summed E-state index contributed by atoms with van der Waals surface area (Å²) in [5.41, 5.74) is 0.905. The molecule has 2 amide bonds. The van der Waals surface area contributed by atoms with Crippen molar-refractivity contribution in [1.29, 1.82) is 0 Å². The van der Waals surface area contributed by atoms with E-state index < -0.39 is 21.7 Å². The Labute approximate surface area is 188 Å². The first-order chi connectivity index (χ1) is 15.3. The van der Waals surface area contributed by atoms with Gasteiger partial charge >= 0.3 is 0 Å². The summed E-state index contributed by atoms with van der Waals surface area (Å²) in [7, 11) is -3.80. The molecule has 172 valence electrons. The van der Waals surface area contributed by atoms with Crippen LogP contribution in [0.1, 0.15) is 35.7 Å². The van der Waals surface area contributed by atoms with E-state index in [1.807, 2.05) is 30.3 Å². The highest BCUT2D eigenvalue weighted by atomic mass is 32.2. The number of hydrogen-bond acceptors (Lipinski definition) is 4. The first-order valence-electron chi connectivity index (χ1n) is 10.7. The van der Waals surface area contributed by atoms with Crippen LogP contribution in [0.2, 0.25) is 0 Å². The van der Waals surface area contributed by atoms with Crippen molar-refractivity contribution in [3.63, 3.8) is 0 Å². The highest BCUT2D eigenvalue weighted by Crippen LogP contribution is 2.18. The van der Waals surface area contributed by atoms with Crippen LogP contribution in [-0.2, 0) is 21.2 Å². The van der Waals surface area contributed by atoms with Crippen molar-refractivity contribution in [1.82, 2.24) is 14.5 Å². The van der Waals surface area contributed by atoms with Gasteiger partial charge in [-0.05, 0) is 36.6 Å². The summed E-state index contributed by atoms with van der Waals surface area (Å²) in [5.74, 6) is -1.31. The van der Waals surface area contributed by atoms with Gasteiger partial charge in [0, 0.05) is 39.1 Å². The van der Waals surface area contributed by atoms with Crippen LogP contribution < -0.4 is 4.72 Å². The van der Waals surface area contributed by atoms with Crippen LogP contribution in [0.3, 0.4) is 0 Å². The van der Waals surface area contributed by atoms with Gasteiger partial charge in [0.2, 0.25) is 15.9 Å². The predicted molar refractivity (Wildman–Crippen MR) is 119 cm³/mol. The van der Waals surface area contributed by atoms with E-state index in [4.69, 9.17) is 0 Å². The van der Waals surface area contributed by atoms with Gasteiger partial charge in [-0.3, -0.25) is 9.59 Å². The number of nitrogens with one attached hydrogen (secondary N) is 1. The minimum Gasteiger partial charge on any atom is -0.339 e. The van der Waals surface area contributed by atoms with Gasteiger partial charge in [0.25, 0.3) is 5.91 Å². The molecule has 2 aromatic rings. The molecule has 0 saturated carbocycles. The highest BCUT2D eigenvalue weighted by Gasteiger charge is 2.27. The number of amides is 2. The SMILES string of the molecule is CCNS(=O)(=O)c1ccc(F)c(C(=O)N2CCN(C(=O)CCCc3ccccc3)CC2)c1. The molecule has 0 aliphatic carbocycles. The van der Waals surface area contributed by atoms with Gasteiger partial charge in [-0.25, -0.2) is 17.5 Å². The Morgan fingerprint density at radius 3 is 2.31 bits per heavy atom.